The predicted octanol–water partition coefficient (Wildman–Crippen LogP) is 4.66. The monoisotopic (exact) mass is 395 g/mol. The van der Waals surface area contributed by atoms with Gasteiger partial charge < -0.3 is 9.84 Å². The number of hydrogen-bond donors (Lipinski definition) is 1. The Bertz CT molecular complexity index is 1030. The smallest absolute Gasteiger partial charge is 0.261 e. The first-order chi connectivity index (χ1) is 13.7. The van der Waals surface area contributed by atoms with Crippen molar-refractivity contribution in [3.8, 4) is 11.5 Å². The molecule has 2 saturated carbocycles. The van der Waals surface area contributed by atoms with Gasteiger partial charge in [-0.2, -0.15) is 4.98 Å². The third-order valence-electron chi connectivity index (χ3n) is 6.69. The van der Waals surface area contributed by atoms with Gasteiger partial charge in [0.05, 0.1) is 5.56 Å². The molecular formula is C21H21N3O3S. The molecule has 0 saturated heterocycles. The van der Waals surface area contributed by atoms with Crippen LogP contribution in [0.1, 0.15) is 85.4 Å². The van der Waals surface area contributed by atoms with Gasteiger partial charge in [-0.15, -0.1) is 11.3 Å². The fourth-order valence-electron chi connectivity index (χ4n) is 5.13. The fourth-order valence-corrected chi connectivity index (χ4v) is 6.55. The van der Waals surface area contributed by atoms with Crippen LogP contribution in [0.5, 0.6) is 0 Å². The van der Waals surface area contributed by atoms with Crippen molar-refractivity contribution in [2.75, 3.05) is 5.32 Å². The molecule has 144 valence electrons. The molecule has 0 aliphatic heterocycles. The van der Waals surface area contributed by atoms with Crippen LogP contribution >= 0.6 is 11.3 Å². The maximum Gasteiger partial charge on any atom is 0.261 e. The highest BCUT2D eigenvalue weighted by atomic mass is 32.1. The van der Waals surface area contributed by atoms with E-state index in [0.717, 1.165) is 41.9 Å². The van der Waals surface area contributed by atoms with Gasteiger partial charge in [-0.05, 0) is 68.8 Å². The van der Waals surface area contributed by atoms with Crippen LogP contribution in [-0.2, 0) is 9.59 Å². The standard InChI is InChI=1S/C21H21N3O3S/c25-9-13-2-1-3-14(13)19(26)23-21-16(20-22-18(24-27-20)10-4-5-10)15-11-6-7-12(8-11)17(15)28-21/h9-12H,1-8H2,(H,23,26). The number of anilines is 1. The Morgan fingerprint density at radius 3 is 2.79 bits per heavy atom. The first-order valence-corrected chi connectivity index (χ1v) is 11.0. The van der Waals surface area contributed by atoms with Gasteiger partial charge in [-0.25, -0.2) is 0 Å². The molecule has 2 bridgehead atoms. The lowest BCUT2D eigenvalue weighted by Crippen LogP contribution is -2.14. The minimum atomic E-state index is -0.157. The van der Waals surface area contributed by atoms with Gasteiger partial charge in [0.1, 0.15) is 11.3 Å². The molecule has 2 atom stereocenters. The first-order valence-electron chi connectivity index (χ1n) is 10.2. The number of aldehydes is 1. The molecule has 2 aromatic heterocycles. The molecule has 0 aromatic carbocycles. The van der Waals surface area contributed by atoms with Crippen molar-refractivity contribution < 1.29 is 14.1 Å². The zero-order chi connectivity index (χ0) is 18.8. The van der Waals surface area contributed by atoms with Crippen molar-refractivity contribution in [3.63, 3.8) is 0 Å². The second-order valence-electron chi connectivity index (χ2n) is 8.45. The van der Waals surface area contributed by atoms with Gasteiger partial charge >= 0.3 is 0 Å². The Balaban J connectivity index is 1.41. The molecule has 1 amide bonds. The lowest BCUT2D eigenvalue weighted by Gasteiger charge is -2.11. The van der Waals surface area contributed by atoms with E-state index in [4.69, 9.17) is 4.52 Å². The van der Waals surface area contributed by atoms with Crippen molar-refractivity contribution in [1.29, 1.82) is 0 Å². The summed E-state index contributed by atoms with van der Waals surface area (Å²) in [4.78, 5) is 30.2. The highest BCUT2D eigenvalue weighted by Gasteiger charge is 2.43. The van der Waals surface area contributed by atoms with Crippen molar-refractivity contribution in [2.24, 2.45) is 0 Å². The number of nitrogens with zero attached hydrogens (tertiary/aromatic N) is 2. The summed E-state index contributed by atoms with van der Waals surface area (Å²) in [6.45, 7) is 0. The minimum absolute atomic E-state index is 0.157. The molecule has 2 aromatic rings. The molecule has 1 N–H and O–H groups in total. The van der Waals surface area contributed by atoms with Gasteiger partial charge in [0, 0.05) is 21.9 Å². The van der Waals surface area contributed by atoms with Crippen molar-refractivity contribution in [1.82, 2.24) is 10.1 Å². The maximum absolute atomic E-state index is 12.9. The summed E-state index contributed by atoms with van der Waals surface area (Å²) < 4.78 is 5.66. The zero-order valence-electron chi connectivity index (χ0n) is 15.5. The molecule has 7 heteroatoms. The molecule has 0 spiro atoms. The van der Waals surface area contributed by atoms with E-state index in [2.05, 4.69) is 15.5 Å². The highest BCUT2D eigenvalue weighted by Crippen LogP contribution is 2.61. The predicted molar refractivity (Wildman–Crippen MR) is 104 cm³/mol. The van der Waals surface area contributed by atoms with E-state index in [0.29, 0.717) is 47.6 Å². The molecule has 0 radical (unpaired) electrons. The Morgan fingerprint density at radius 1 is 1.14 bits per heavy atom. The SMILES string of the molecule is O=CC1=C(C(=O)Nc2sc3c(c2-c2nc(C4CC4)no2)C2CCC3C2)CCC1. The lowest BCUT2D eigenvalue weighted by molar-refractivity contribution is -0.113. The summed E-state index contributed by atoms with van der Waals surface area (Å²) in [5.74, 6) is 2.73. The number of amides is 1. The second-order valence-corrected chi connectivity index (χ2v) is 9.50. The van der Waals surface area contributed by atoms with E-state index in [-0.39, 0.29) is 5.91 Å². The summed E-state index contributed by atoms with van der Waals surface area (Å²) in [6, 6.07) is 0. The quantitative estimate of drug-likeness (QED) is 0.745. The third-order valence-corrected chi connectivity index (χ3v) is 7.97. The minimum Gasteiger partial charge on any atom is -0.334 e. The van der Waals surface area contributed by atoms with Crippen LogP contribution in [0.4, 0.5) is 5.00 Å². The number of carbonyl (C=O) groups excluding carboxylic acids is 2. The molecule has 2 unspecified atom stereocenters. The molecule has 2 heterocycles. The van der Waals surface area contributed by atoms with Crippen LogP contribution < -0.4 is 5.32 Å². The van der Waals surface area contributed by atoms with Gasteiger partial charge in [0.25, 0.3) is 11.8 Å². The maximum atomic E-state index is 12.9. The Labute approximate surface area is 166 Å². The number of carbonyl (C=O) groups is 2. The van der Waals surface area contributed by atoms with Crippen LogP contribution in [0, 0.1) is 0 Å². The van der Waals surface area contributed by atoms with Crippen molar-refractivity contribution >= 4 is 28.5 Å². The third kappa shape index (κ3) is 2.45. The second kappa shape index (κ2) is 6.11. The summed E-state index contributed by atoms with van der Waals surface area (Å²) in [7, 11) is 0. The van der Waals surface area contributed by atoms with Gasteiger partial charge in [0.2, 0.25) is 0 Å². The Hall–Kier alpha value is -2.28. The molecular weight excluding hydrogens is 374 g/mol. The number of hydrogen-bond acceptors (Lipinski definition) is 6. The number of nitrogens with one attached hydrogen (secondary N) is 1. The molecule has 2 fully saturated rings. The highest BCUT2D eigenvalue weighted by molar-refractivity contribution is 7.17. The van der Waals surface area contributed by atoms with Crippen molar-refractivity contribution in [2.45, 2.75) is 69.1 Å². The first kappa shape index (κ1) is 16.7. The molecule has 4 aliphatic carbocycles. The normalized spacial score (nSPS) is 25.4. The topological polar surface area (TPSA) is 85.1 Å². The van der Waals surface area contributed by atoms with E-state index in [1.54, 1.807) is 11.3 Å². The van der Waals surface area contributed by atoms with Crippen LogP contribution in [0.2, 0.25) is 0 Å². The Kier molecular flexibility index (Phi) is 3.63. The van der Waals surface area contributed by atoms with Crippen molar-refractivity contribution in [3.05, 3.63) is 27.4 Å². The van der Waals surface area contributed by atoms with E-state index in [1.807, 2.05) is 0 Å². The lowest BCUT2D eigenvalue weighted by atomic mass is 9.94. The van der Waals surface area contributed by atoms with E-state index in [1.165, 1.54) is 29.7 Å². The van der Waals surface area contributed by atoms with Crippen LogP contribution in [-0.4, -0.2) is 22.3 Å². The molecule has 6 nitrogen and oxygen atoms in total. The fraction of sp³-hybridized carbons (Fsp3) is 0.524. The zero-order valence-corrected chi connectivity index (χ0v) is 16.3. The largest absolute Gasteiger partial charge is 0.334 e. The molecule has 28 heavy (non-hydrogen) atoms. The summed E-state index contributed by atoms with van der Waals surface area (Å²) in [5, 5.41) is 8.11. The van der Waals surface area contributed by atoms with Gasteiger partial charge in [-0.3, -0.25) is 9.59 Å². The van der Waals surface area contributed by atoms with Crippen LogP contribution in [0.15, 0.2) is 15.7 Å². The average molecular weight is 395 g/mol. The number of thiophene rings is 1. The number of rotatable bonds is 5. The summed E-state index contributed by atoms with van der Waals surface area (Å²) >= 11 is 1.67. The molecule has 6 rings (SSSR count). The number of aromatic nitrogens is 2. The number of allylic oxidation sites excluding steroid dienone is 1. The summed E-state index contributed by atoms with van der Waals surface area (Å²) in [6.07, 6.45) is 8.92. The molecule has 4 aliphatic rings. The van der Waals surface area contributed by atoms with Gasteiger partial charge in [0.15, 0.2) is 5.82 Å². The van der Waals surface area contributed by atoms with E-state index in [9.17, 15) is 9.59 Å². The Morgan fingerprint density at radius 2 is 1.96 bits per heavy atom. The van der Waals surface area contributed by atoms with Crippen LogP contribution in [0.25, 0.3) is 11.5 Å². The van der Waals surface area contributed by atoms with Gasteiger partial charge in [-0.1, -0.05) is 5.16 Å². The number of fused-ring (bicyclic) bond motifs is 5. The van der Waals surface area contributed by atoms with E-state index >= 15 is 0 Å². The van der Waals surface area contributed by atoms with E-state index < -0.39 is 0 Å². The van der Waals surface area contributed by atoms with Crippen LogP contribution in [0.3, 0.4) is 0 Å². The summed E-state index contributed by atoms with van der Waals surface area (Å²) in [5.41, 5.74) is 3.52. The average Bonchev–Trinajstić information content (AvgIpc) is 3.20.